The van der Waals surface area contributed by atoms with Crippen LogP contribution in [0.25, 0.3) is 11.0 Å². The maximum Gasteiger partial charge on any atom is 0.413 e. The number of carbonyl (C=O) groups is 2. The smallest absolute Gasteiger partial charge is 0.413 e. The maximum absolute atomic E-state index is 12.0. The van der Waals surface area contributed by atoms with E-state index in [1.54, 1.807) is 18.2 Å². The Morgan fingerprint density at radius 2 is 2.14 bits per heavy atom. The topological polar surface area (TPSA) is 99.3 Å². The van der Waals surface area contributed by atoms with Crippen molar-refractivity contribution in [3.63, 3.8) is 0 Å². The molecule has 0 spiro atoms. The lowest BCUT2D eigenvalue weighted by Gasteiger charge is -2.10. The molecule has 1 aromatic carbocycles. The molecule has 2 rings (SSSR count). The second-order valence-electron chi connectivity index (χ2n) is 4.99. The van der Waals surface area contributed by atoms with Crippen LogP contribution in [0.15, 0.2) is 18.2 Å². The van der Waals surface area contributed by atoms with Gasteiger partial charge in [0.15, 0.2) is 0 Å². The zero-order chi connectivity index (χ0) is 16.1. The summed E-state index contributed by atoms with van der Waals surface area (Å²) in [5, 5.41) is 5.28. The Morgan fingerprint density at radius 1 is 1.36 bits per heavy atom. The number of aromatic nitrogens is 2. The zero-order valence-electron chi connectivity index (χ0n) is 12.8. The SMILES string of the molecule is COC(=O)Nc1nc2ccc(C(=O)NCCN(C)C)cc2[nH]1. The fourth-order valence-electron chi connectivity index (χ4n) is 1.85. The molecule has 1 heterocycles. The van der Waals surface area contributed by atoms with Crippen LogP contribution in [0, 0.1) is 0 Å². The molecule has 3 N–H and O–H groups in total. The van der Waals surface area contributed by atoms with Gasteiger partial charge < -0.3 is 19.9 Å². The van der Waals surface area contributed by atoms with Crippen LogP contribution in [0.5, 0.6) is 0 Å². The molecule has 0 atom stereocenters. The second-order valence-corrected chi connectivity index (χ2v) is 4.99. The molecule has 2 amide bonds. The Hall–Kier alpha value is -2.61. The number of rotatable bonds is 5. The predicted octanol–water partition coefficient (Wildman–Crippen LogP) is 1.03. The highest BCUT2D eigenvalue weighted by molar-refractivity contribution is 5.97. The molecule has 8 heteroatoms. The summed E-state index contributed by atoms with van der Waals surface area (Å²) in [5.74, 6) is 0.118. The Morgan fingerprint density at radius 3 is 2.82 bits per heavy atom. The van der Waals surface area contributed by atoms with E-state index in [9.17, 15) is 9.59 Å². The van der Waals surface area contributed by atoms with Crippen molar-refractivity contribution in [1.29, 1.82) is 0 Å². The first-order valence-electron chi connectivity index (χ1n) is 6.77. The van der Waals surface area contributed by atoms with Crippen molar-refractivity contribution in [3.05, 3.63) is 23.8 Å². The van der Waals surface area contributed by atoms with Crippen LogP contribution >= 0.6 is 0 Å². The number of benzene rings is 1. The predicted molar refractivity (Wildman–Crippen MR) is 83.0 cm³/mol. The summed E-state index contributed by atoms with van der Waals surface area (Å²) in [5.41, 5.74) is 1.84. The van der Waals surface area contributed by atoms with Gasteiger partial charge in [-0.25, -0.2) is 9.78 Å². The van der Waals surface area contributed by atoms with Crippen molar-refractivity contribution in [3.8, 4) is 0 Å². The molecule has 0 saturated carbocycles. The number of imidazole rings is 1. The summed E-state index contributed by atoms with van der Waals surface area (Å²) in [7, 11) is 5.16. The molecule has 0 saturated heterocycles. The van der Waals surface area contributed by atoms with E-state index in [0.29, 0.717) is 23.1 Å². The van der Waals surface area contributed by atoms with Crippen LogP contribution in [0.4, 0.5) is 10.7 Å². The van der Waals surface area contributed by atoms with Crippen molar-refractivity contribution < 1.29 is 14.3 Å². The Labute approximate surface area is 127 Å². The van der Waals surface area contributed by atoms with E-state index in [1.165, 1.54) is 7.11 Å². The molecule has 0 radical (unpaired) electrons. The van der Waals surface area contributed by atoms with Crippen LogP contribution in [0.3, 0.4) is 0 Å². The lowest BCUT2D eigenvalue weighted by molar-refractivity contribution is 0.0951. The van der Waals surface area contributed by atoms with Crippen LogP contribution in [-0.2, 0) is 4.74 Å². The number of fused-ring (bicyclic) bond motifs is 1. The first-order valence-corrected chi connectivity index (χ1v) is 6.77. The fraction of sp³-hybridized carbons (Fsp3) is 0.357. The first-order chi connectivity index (χ1) is 10.5. The summed E-state index contributed by atoms with van der Waals surface area (Å²) in [6.45, 7) is 1.34. The highest BCUT2D eigenvalue weighted by atomic mass is 16.5. The lowest BCUT2D eigenvalue weighted by Crippen LogP contribution is -2.31. The Balaban J connectivity index is 2.09. The number of nitrogens with one attached hydrogen (secondary N) is 3. The largest absolute Gasteiger partial charge is 0.453 e. The van der Waals surface area contributed by atoms with Gasteiger partial charge in [0.25, 0.3) is 5.91 Å². The molecular formula is C14H19N5O3. The third-order valence-electron chi connectivity index (χ3n) is 2.99. The molecule has 0 aliphatic carbocycles. The van der Waals surface area contributed by atoms with Crippen LogP contribution < -0.4 is 10.6 Å². The molecule has 0 unspecified atom stereocenters. The van der Waals surface area contributed by atoms with Gasteiger partial charge in [0, 0.05) is 18.7 Å². The van der Waals surface area contributed by atoms with Gasteiger partial charge in [-0.1, -0.05) is 0 Å². The third kappa shape index (κ3) is 3.95. The summed E-state index contributed by atoms with van der Waals surface area (Å²) in [6, 6.07) is 5.10. The number of carbonyl (C=O) groups excluding carboxylic acids is 2. The quantitative estimate of drug-likeness (QED) is 0.766. The number of H-pyrrole nitrogens is 1. The molecule has 0 bridgehead atoms. The molecule has 0 aliphatic rings. The molecule has 1 aromatic heterocycles. The van der Waals surface area contributed by atoms with E-state index >= 15 is 0 Å². The van der Waals surface area contributed by atoms with Crippen molar-refractivity contribution in [2.24, 2.45) is 0 Å². The van der Waals surface area contributed by atoms with E-state index in [0.717, 1.165) is 6.54 Å². The number of aromatic amines is 1. The van der Waals surface area contributed by atoms with Crippen molar-refractivity contribution >= 4 is 29.0 Å². The monoisotopic (exact) mass is 305 g/mol. The van der Waals surface area contributed by atoms with Crippen LogP contribution in [-0.4, -0.2) is 61.2 Å². The summed E-state index contributed by atoms with van der Waals surface area (Å²) in [6.07, 6.45) is -0.610. The van der Waals surface area contributed by atoms with Crippen LogP contribution in [0.2, 0.25) is 0 Å². The number of anilines is 1. The number of amides is 2. The lowest BCUT2D eigenvalue weighted by atomic mass is 10.2. The number of likely N-dealkylation sites (N-methyl/N-ethyl adjacent to an activating group) is 1. The molecule has 2 aromatic rings. The van der Waals surface area contributed by atoms with Gasteiger partial charge in [0.05, 0.1) is 18.1 Å². The van der Waals surface area contributed by atoms with Gasteiger partial charge in [0.1, 0.15) is 0 Å². The molecule has 118 valence electrons. The maximum atomic E-state index is 12.0. The average molecular weight is 305 g/mol. The molecule has 0 fully saturated rings. The van der Waals surface area contributed by atoms with E-state index in [2.05, 4.69) is 25.3 Å². The number of nitrogens with zero attached hydrogens (tertiary/aromatic N) is 2. The van der Waals surface area contributed by atoms with Gasteiger partial charge in [-0.3, -0.25) is 10.1 Å². The number of hydrogen-bond donors (Lipinski definition) is 3. The molecule has 8 nitrogen and oxygen atoms in total. The average Bonchev–Trinajstić information content (AvgIpc) is 2.87. The summed E-state index contributed by atoms with van der Waals surface area (Å²) >= 11 is 0. The number of methoxy groups -OCH3 is 1. The van der Waals surface area contributed by atoms with Crippen molar-refractivity contribution in [2.75, 3.05) is 39.6 Å². The minimum Gasteiger partial charge on any atom is -0.453 e. The minimum absolute atomic E-state index is 0.152. The van der Waals surface area contributed by atoms with Gasteiger partial charge in [-0.05, 0) is 32.3 Å². The van der Waals surface area contributed by atoms with E-state index in [1.807, 2.05) is 19.0 Å². The summed E-state index contributed by atoms with van der Waals surface area (Å²) < 4.78 is 4.50. The molecule has 0 aliphatic heterocycles. The standard InChI is InChI=1S/C14H19N5O3/c1-19(2)7-6-15-12(20)9-4-5-10-11(8-9)17-13(16-10)18-14(21)22-3/h4-5,8H,6-7H2,1-3H3,(H,15,20)(H2,16,17,18,21). The second kappa shape index (κ2) is 6.90. The van der Waals surface area contributed by atoms with E-state index in [4.69, 9.17) is 0 Å². The Bertz CT molecular complexity index is 680. The number of ether oxygens (including phenoxy) is 1. The summed E-state index contributed by atoms with van der Waals surface area (Å²) in [4.78, 5) is 32.3. The third-order valence-corrected chi connectivity index (χ3v) is 2.99. The van der Waals surface area contributed by atoms with Gasteiger partial charge in [-0.2, -0.15) is 0 Å². The minimum atomic E-state index is -0.610. The fourth-order valence-corrected chi connectivity index (χ4v) is 1.85. The van der Waals surface area contributed by atoms with Gasteiger partial charge in [0.2, 0.25) is 5.95 Å². The van der Waals surface area contributed by atoms with Crippen LogP contribution in [0.1, 0.15) is 10.4 Å². The van der Waals surface area contributed by atoms with Gasteiger partial charge >= 0.3 is 6.09 Å². The highest BCUT2D eigenvalue weighted by Gasteiger charge is 2.10. The molecule has 22 heavy (non-hydrogen) atoms. The molecular weight excluding hydrogens is 286 g/mol. The normalized spacial score (nSPS) is 10.7. The highest BCUT2D eigenvalue weighted by Crippen LogP contribution is 2.16. The van der Waals surface area contributed by atoms with E-state index in [-0.39, 0.29) is 11.9 Å². The van der Waals surface area contributed by atoms with Crippen molar-refractivity contribution in [2.45, 2.75) is 0 Å². The van der Waals surface area contributed by atoms with E-state index < -0.39 is 6.09 Å². The van der Waals surface area contributed by atoms with Crippen molar-refractivity contribution in [1.82, 2.24) is 20.2 Å². The Kier molecular flexibility index (Phi) is 4.95. The van der Waals surface area contributed by atoms with Gasteiger partial charge in [-0.15, -0.1) is 0 Å². The zero-order valence-corrected chi connectivity index (χ0v) is 12.8. The first kappa shape index (κ1) is 15.8. The number of hydrogen-bond acceptors (Lipinski definition) is 5.